The van der Waals surface area contributed by atoms with E-state index in [9.17, 15) is 0 Å². The predicted octanol–water partition coefficient (Wildman–Crippen LogP) is 3.18. The van der Waals surface area contributed by atoms with E-state index >= 15 is 0 Å². The Morgan fingerprint density at radius 1 is 1.73 bits per heavy atom. The average Bonchev–Trinajstić information content (AvgIpc) is 2.39. The largest absolute Gasteiger partial charge is 0.312 e. The van der Waals surface area contributed by atoms with Gasteiger partial charge in [-0.05, 0) is 35.5 Å². The van der Waals surface area contributed by atoms with Crippen LogP contribution in [0, 0.1) is 0 Å². The second-order valence-electron chi connectivity index (χ2n) is 2.42. The van der Waals surface area contributed by atoms with Crippen molar-refractivity contribution in [3.63, 3.8) is 0 Å². The smallest absolute Gasteiger partial charge is 0.0410 e. The molecule has 1 aromatic rings. The fraction of sp³-hybridized carbons (Fsp3) is 0.500. The molecule has 1 atom stereocenters. The molecule has 11 heavy (non-hydrogen) atoms. The lowest BCUT2D eigenvalue weighted by Gasteiger charge is -2.10. The minimum Gasteiger partial charge on any atom is -0.312 e. The summed E-state index contributed by atoms with van der Waals surface area (Å²) in [6.07, 6.45) is 1.14. The van der Waals surface area contributed by atoms with Crippen molar-refractivity contribution in [3.8, 4) is 0 Å². The first-order valence-electron chi connectivity index (χ1n) is 3.69. The molecule has 0 aromatic carbocycles. The van der Waals surface area contributed by atoms with Crippen molar-refractivity contribution in [2.45, 2.75) is 19.4 Å². The van der Waals surface area contributed by atoms with Gasteiger partial charge < -0.3 is 5.32 Å². The van der Waals surface area contributed by atoms with E-state index in [4.69, 9.17) is 0 Å². The first-order valence-corrected chi connectivity index (χ1v) is 5.36. The van der Waals surface area contributed by atoms with Crippen molar-refractivity contribution >= 4 is 27.3 Å². The molecule has 0 amide bonds. The molecule has 0 aliphatic heterocycles. The zero-order valence-corrected chi connectivity index (χ0v) is 9.13. The quantitative estimate of drug-likeness (QED) is 0.846. The Balaban J connectivity index is 2.73. The lowest BCUT2D eigenvalue weighted by Crippen LogP contribution is -2.13. The summed E-state index contributed by atoms with van der Waals surface area (Å²) in [5.41, 5.74) is 0. The van der Waals surface area contributed by atoms with Crippen molar-refractivity contribution in [2.75, 3.05) is 7.05 Å². The Morgan fingerprint density at radius 3 is 2.82 bits per heavy atom. The van der Waals surface area contributed by atoms with Crippen LogP contribution in [0.5, 0.6) is 0 Å². The SMILES string of the molecule is CCC(NC)c1cc(Br)cs1. The molecule has 1 N–H and O–H groups in total. The minimum absolute atomic E-state index is 0.520. The molecule has 1 aromatic heterocycles. The Morgan fingerprint density at radius 2 is 2.45 bits per heavy atom. The van der Waals surface area contributed by atoms with E-state index in [1.807, 2.05) is 7.05 Å². The average molecular weight is 234 g/mol. The van der Waals surface area contributed by atoms with Crippen LogP contribution in [0.25, 0.3) is 0 Å². The van der Waals surface area contributed by atoms with Gasteiger partial charge in [-0.1, -0.05) is 6.92 Å². The maximum absolute atomic E-state index is 3.44. The molecule has 1 rings (SSSR count). The monoisotopic (exact) mass is 233 g/mol. The number of hydrogen-bond donors (Lipinski definition) is 1. The summed E-state index contributed by atoms with van der Waals surface area (Å²) in [5.74, 6) is 0. The number of halogens is 1. The predicted molar refractivity (Wildman–Crippen MR) is 54.1 cm³/mol. The van der Waals surface area contributed by atoms with Crippen LogP contribution in [0.15, 0.2) is 15.9 Å². The lowest BCUT2D eigenvalue weighted by molar-refractivity contribution is 0.586. The first kappa shape index (κ1) is 9.23. The van der Waals surface area contributed by atoms with Gasteiger partial charge >= 0.3 is 0 Å². The van der Waals surface area contributed by atoms with Gasteiger partial charge in [-0.15, -0.1) is 11.3 Å². The van der Waals surface area contributed by atoms with E-state index in [1.54, 1.807) is 11.3 Å². The highest BCUT2D eigenvalue weighted by molar-refractivity contribution is 9.10. The molecule has 0 saturated carbocycles. The fourth-order valence-corrected chi connectivity index (χ4v) is 2.70. The number of hydrogen-bond acceptors (Lipinski definition) is 2. The fourth-order valence-electron chi connectivity index (χ4n) is 1.06. The van der Waals surface area contributed by atoms with E-state index < -0.39 is 0 Å². The van der Waals surface area contributed by atoms with Crippen LogP contribution >= 0.6 is 27.3 Å². The summed E-state index contributed by atoms with van der Waals surface area (Å²) in [5, 5.41) is 5.39. The first-order chi connectivity index (χ1) is 5.27. The Hall–Kier alpha value is 0.140. The zero-order chi connectivity index (χ0) is 8.27. The Kier molecular flexibility index (Phi) is 3.55. The van der Waals surface area contributed by atoms with Crippen molar-refractivity contribution in [1.82, 2.24) is 5.32 Å². The van der Waals surface area contributed by atoms with Crippen LogP contribution in [-0.2, 0) is 0 Å². The summed E-state index contributed by atoms with van der Waals surface area (Å²) in [4.78, 5) is 1.40. The second-order valence-corrected chi connectivity index (χ2v) is 4.28. The zero-order valence-electron chi connectivity index (χ0n) is 6.73. The third kappa shape index (κ3) is 2.29. The van der Waals surface area contributed by atoms with Gasteiger partial charge in [0.15, 0.2) is 0 Å². The van der Waals surface area contributed by atoms with Crippen molar-refractivity contribution in [3.05, 3.63) is 20.8 Å². The molecule has 0 aliphatic carbocycles. The van der Waals surface area contributed by atoms with Gasteiger partial charge in [0.1, 0.15) is 0 Å². The number of nitrogens with one attached hydrogen (secondary N) is 1. The molecular formula is C8H12BrNS. The van der Waals surface area contributed by atoms with Gasteiger partial charge in [0.2, 0.25) is 0 Å². The van der Waals surface area contributed by atoms with Gasteiger partial charge in [-0.2, -0.15) is 0 Å². The summed E-state index contributed by atoms with van der Waals surface area (Å²) < 4.78 is 1.19. The highest BCUT2D eigenvalue weighted by Crippen LogP contribution is 2.26. The third-order valence-corrected chi connectivity index (χ3v) is 3.50. The maximum atomic E-state index is 3.44. The van der Waals surface area contributed by atoms with Crippen LogP contribution in [0.3, 0.4) is 0 Å². The molecule has 0 aliphatic rings. The van der Waals surface area contributed by atoms with Crippen molar-refractivity contribution in [1.29, 1.82) is 0 Å². The van der Waals surface area contributed by atoms with Crippen molar-refractivity contribution in [2.24, 2.45) is 0 Å². The summed E-state index contributed by atoms with van der Waals surface area (Å²) in [6.45, 7) is 2.19. The molecule has 1 heterocycles. The topological polar surface area (TPSA) is 12.0 Å². The van der Waals surface area contributed by atoms with E-state index in [-0.39, 0.29) is 0 Å². The van der Waals surface area contributed by atoms with E-state index in [2.05, 4.69) is 39.6 Å². The van der Waals surface area contributed by atoms with Gasteiger partial charge in [-0.3, -0.25) is 0 Å². The maximum Gasteiger partial charge on any atom is 0.0410 e. The van der Waals surface area contributed by atoms with E-state index in [0.29, 0.717) is 6.04 Å². The molecule has 62 valence electrons. The third-order valence-electron chi connectivity index (χ3n) is 1.69. The molecule has 1 unspecified atom stereocenters. The molecular weight excluding hydrogens is 222 g/mol. The van der Waals surface area contributed by atoms with Gasteiger partial charge in [0.05, 0.1) is 0 Å². The molecule has 0 fully saturated rings. The van der Waals surface area contributed by atoms with Crippen LogP contribution < -0.4 is 5.32 Å². The van der Waals surface area contributed by atoms with Crippen LogP contribution in [0.1, 0.15) is 24.3 Å². The summed E-state index contributed by atoms with van der Waals surface area (Å²) >= 11 is 5.24. The second kappa shape index (κ2) is 4.24. The molecule has 3 heteroatoms. The van der Waals surface area contributed by atoms with Gasteiger partial charge in [-0.25, -0.2) is 0 Å². The normalized spacial score (nSPS) is 13.4. The minimum atomic E-state index is 0.520. The van der Waals surface area contributed by atoms with Crippen LogP contribution in [0.4, 0.5) is 0 Å². The molecule has 1 nitrogen and oxygen atoms in total. The summed E-state index contributed by atoms with van der Waals surface area (Å²) in [6, 6.07) is 2.70. The van der Waals surface area contributed by atoms with Gasteiger partial charge in [0.25, 0.3) is 0 Å². The van der Waals surface area contributed by atoms with E-state index in [1.165, 1.54) is 9.35 Å². The van der Waals surface area contributed by atoms with E-state index in [0.717, 1.165) is 6.42 Å². The molecule has 0 spiro atoms. The standard InChI is InChI=1S/C8H12BrNS/c1-3-7(10-2)8-4-6(9)5-11-8/h4-5,7,10H,3H2,1-2H3. The highest BCUT2D eigenvalue weighted by atomic mass is 79.9. The number of thiophene rings is 1. The molecule has 0 bridgehead atoms. The Labute approximate surface area is 79.9 Å². The van der Waals surface area contributed by atoms with Crippen LogP contribution in [-0.4, -0.2) is 7.05 Å². The lowest BCUT2D eigenvalue weighted by atomic mass is 10.2. The van der Waals surface area contributed by atoms with Gasteiger partial charge in [0, 0.05) is 20.8 Å². The summed E-state index contributed by atoms with van der Waals surface area (Å²) in [7, 11) is 2.00. The molecule has 0 saturated heterocycles. The highest BCUT2D eigenvalue weighted by Gasteiger charge is 2.07. The Bertz CT molecular complexity index is 218. The van der Waals surface area contributed by atoms with Crippen molar-refractivity contribution < 1.29 is 0 Å². The molecule has 0 radical (unpaired) electrons. The van der Waals surface area contributed by atoms with Crippen LogP contribution in [0.2, 0.25) is 0 Å². The number of rotatable bonds is 3.